The number of aromatic nitrogens is 1. The topological polar surface area (TPSA) is 73.2 Å². The zero-order chi connectivity index (χ0) is 15.0. The molecule has 2 heterocycles. The lowest BCUT2D eigenvalue weighted by Gasteiger charge is -2.03. The number of nitrogens with two attached hydrogens (primary N) is 1. The summed E-state index contributed by atoms with van der Waals surface area (Å²) < 4.78 is 7.61. The Hall–Kier alpha value is -2.24. The normalized spacial score (nSPS) is 11.0. The van der Waals surface area contributed by atoms with E-state index in [2.05, 4.69) is 5.43 Å². The Kier molecular flexibility index (Phi) is 3.45. The first-order valence-electron chi connectivity index (χ1n) is 6.43. The van der Waals surface area contributed by atoms with Crippen molar-refractivity contribution in [3.8, 4) is 0 Å². The summed E-state index contributed by atoms with van der Waals surface area (Å²) in [4.78, 5) is 11.5. The van der Waals surface area contributed by atoms with Gasteiger partial charge in [-0.3, -0.25) is 10.2 Å². The molecule has 21 heavy (non-hydrogen) atoms. The molecule has 5 nitrogen and oxygen atoms in total. The van der Waals surface area contributed by atoms with E-state index in [-0.39, 0.29) is 5.76 Å². The van der Waals surface area contributed by atoms with Crippen molar-refractivity contribution in [2.75, 3.05) is 0 Å². The number of hydrazine groups is 1. The van der Waals surface area contributed by atoms with Gasteiger partial charge in [-0.2, -0.15) is 0 Å². The van der Waals surface area contributed by atoms with Gasteiger partial charge in [-0.1, -0.05) is 11.6 Å². The molecule has 0 saturated carbocycles. The monoisotopic (exact) mass is 303 g/mol. The number of hydrogen-bond donors (Lipinski definition) is 2. The summed E-state index contributed by atoms with van der Waals surface area (Å²) in [6.07, 6.45) is 1.96. The molecule has 3 rings (SSSR count). The SMILES string of the molecule is Cc1cc(Cn2ccc3cc(Cl)ccc32)oc1C(=O)NN. The number of benzene rings is 1. The van der Waals surface area contributed by atoms with Gasteiger partial charge in [0, 0.05) is 27.7 Å². The van der Waals surface area contributed by atoms with Gasteiger partial charge in [0.2, 0.25) is 0 Å². The molecule has 0 unspecified atom stereocenters. The highest BCUT2D eigenvalue weighted by atomic mass is 35.5. The van der Waals surface area contributed by atoms with E-state index in [4.69, 9.17) is 21.9 Å². The fourth-order valence-corrected chi connectivity index (χ4v) is 2.57. The molecule has 0 aliphatic rings. The third kappa shape index (κ3) is 2.53. The van der Waals surface area contributed by atoms with Crippen LogP contribution in [0.1, 0.15) is 21.9 Å². The van der Waals surface area contributed by atoms with Crippen molar-refractivity contribution >= 4 is 28.4 Å². The molecule has 0 aliphatic heterocycles. The number of nitrogens with one attached hydrogen (secondary N) is 1. The van der Waals surface area contributed by atoms with E-state index in [0.717, 1.165) is 16.5 Å². The molecule has 2 aromatic heterocycles. The number of nitrogen functional groups attached to an aromatic ring is 1. The van der Waals surface area contributed by atoms with Gasteiger partial charge in [-0.15, -0.1) is 0 Å². The highest BCUT2D eigenvalue weighted by molar-refractivity contribution is 6.31. The Bertz CT molecular complexity index is 820. The summed E-state index contributed by atoms with van der Waals surface area (Å²) in [7, 11) is 0. The molecule has 3 aromatic rings. The third-order valence-electron chi connectivity index (χ3n) is 3.37. The number of halogens is 1. The Balaban J connectivity index is 1.94. The predicted octanol–water partition coefficient (Wildman–Crippen LogP) is 2.85. The molecule has 0 atom stereocenters. The zero-order valence-corrected chi connectivity index (χ0v) is 12.1. The van der Waals surface area contributed by atoms with Gasteiger partial charge in [0.1, 0.15) is 5.76 Å². The van der Waals surface area contributed by atoms with E-state index < -0.39 is 5.91 Å². The molecular formula is C15H14ClN3O2. The van der Waals surface area contributed by atoms with Crippen molar-refractivity contribution in [3.63, 3.8) is 0 Å². The Labute approximate surface area is 126 Å². The molecule has 0 radical (unpaired) electrons. The van der Waals surface area contributed by atoms with Crippen LogP contribution in [0.3, 0.4) is 0 Å². The first kappa shape index (κ1) is 13.7. The fraction of sp³-hybridized carbons (Fsp3) is 0.133. The standard InChI is InChI=1S/C15H14ClN3O2/c1-9-6-12(21-14(9)15(20)18-17)8-19-5-4-10-7-11(16)2-3-13(10)19/h2-7H,8,17H2,1H3,(H,18,20). The number of hydrogen-bond acceptors (Lipinski definition) is 3. The van der Waals surface area contributed by atoms with E-state index in [1.54, 1.807) is 0 Å². The lowest BCUT2D eigenvalue weighted by atomic mass is 10.2. The van der Waals surface area contributed by atoms with Crippen molar-refractivity contribution in [1.29, 1.82) is 0 Å². The number of nitrogens with zero attached hydrogens (tertiary/aromatic N) is 1. The number of furan rings is 1. The molecule has 0 aliphatic carbocycles. The molecule has 0 bridgehead atoms. The van der Waals surface area contributed by atoms with Crippen LogP contribution in [0.15, 0.2) is 40.9 Å². The molecule has 1 aromatic carbocycles. The predicted molar refractivity (Wildman–Crippen MR) is 81.1 cm³/mol. The Morgan fingerprint density at radius 1 is 1.38 bits per heavy atom. The maximum Gasteiger partial charge on any atom is 0.301 e. The van der Waals surface area contributed by atoms with Crippen LogP contribution in [0, 0.1) is 6.92 Å². The second-order valence-electron chi connectivity index (χ2n) is 4.85. The van der Waals surface area contributed by atoms with Crippen molar-refractivity contribution < 1.29 is 9.21 Å². The van der Waals surface area contributed by atoms with Gasteiger partial charge in [0.15, 0.2) is 5.76 Å². The zero-order valence-electron chi connectivity index (χ0n) is 11.4. The quantitative estimate of drug-likeness (QED) is 0.444. The highest BCUT2D eigenvalue weighted by Gasteiger charge is 2.15. The molecule has 0 saturated heterocycles. The lowest BCUT2D eigenvalue weighted by molar-refractivity contribution is 0.0923. The number of carbonyl (C=O) groups excluding carboxylic acids is 1. The van der Waals surface area contributed by atoms with Crippen molar-refractivity contribution in [3.05, 3.63) is 58.6 Å². The highest BCUT2D eigenvalue weighted by Crippen LogP contribution is 2.22. The summed E-state index contributed by atoms with van der Waals surface area (Å²) in [6.45, 7) is 2.34. The molecule has 0 fully saturated rings. The summed E-state index contributed by atoms with van der Waals surface area (Å²) >= 11 is 5.98. The van der Waals surface area contributed by atoms with Crippen LogP contribution >= 0.6 is 11.6 Å². The van der Waals surface area contributed by atoms with Crippen LogP contribution in [-0.4, -0.2) is 10.5 Å². The van der Waals surface area contributed by atoms with E-state index in [9.17, 15) is 4.79 Å². The molecule has 108 valence electrons. The molecule has 6 heteroatoms. The van der Waals surface area contributed by atoms with Crippen molar-refractivity contribution in [2.24, 2.45) is 5.84 Å². The second-order valence-corrected chi connectivity index (χ2v) is 5.28. The van der Waals surface area contributed by atoms with Crippen LogP contribution in [0.25, 0.3) is 10.9 Å². The van der Waals surface area contributed by atoms with Crippen LogP contribution in [0.5, 0.6) is 0 Å². The fourth-order valence-electron chi connectivity index (χ4n) is 2.39. The lowest BCUT2D eigenvalue weighted by Crippen LogP contribution is -2.30. The Morgan fingerprint density at radius 3 is 2.95 bits per heavy atom. The first-order chi connectivity index (χ1) is 10.1. The van der Waals surface area contributed by atoms with Crippen LogP contribution < -0.4 is 11.3 Å². The molecule has 1 amide bonds. The van der Waals surface area contributed by atoms with E-state index in [1.807, 2.05) is 48.0 Å². The molecule has 0 spiro atoms. The minimum absolute atomic E-state index is 0.243. The van der Waals surface area contributed by atoms with Gasteiger partial charge in [0.05, 0.1) is 6.54 Å². The average molecular weight is 304 g/mol. The van der Waals surface area contributed by atoms with Crippen LogP contribution in [0.4, 0.5) is 0 Å². The first-order valence-corrected chi connectivity index (χ1v) is 6.81. The minimum atomic E-state index is -0.428. The summed E-state index contributed by atoms with van der Waals surface area (Å²) in [5.41, 5.74) is 3.89. The minimum Gasteiger partial charge on any atom is -0.454 e. The number of carbonyl (C=O) groups is 1. The van der Waals surface area contributed by atoms with Gasteiger partial charge in [-0.25, -0.2) is 5.84 Å². The van der Waals surface area contributed by atoms with Gasteiger partial charge in [0.25, 0.3) is 0 Å². The number of aryl methyl sites for hydroxylation is 1. The summed E-state index contributed by atoms with van der Waals surface area (Å²) in [5.74, 6) is 5.64. The van der Waals surface area contributed by atoms with E-state index >= 15 is 0 Å². The number of fused-ring (bicyclic) bond motifs is 1. The largest absolute Gasteiger partial charge is 0.454 e. The van der Waals surface area contributed by atoms with E-state index in [1.165, 1.54) is 0 Å². The molecular weight excluding hydrogens is 290 g/mol. The van der Waals surface area contributed by atoms with Gasteiger partial charge < -0.3 is 8.98 Å². The maximum atomic E-state index is 11.5. The summed E-state index contributed by atoms with van der Waals surface area (Å²) in [5, 5.41) is 1.77. The second kappa shape index (κ2) is 5.27. The third-order valence-corrected chi connectivity index (χ3v) is 3.60. The van der Waals surface area contributed by atoms with Crippen LogP contribution in [0.2, 0.25) is 5.02 Å². The summed E-state index contributed by atoms with van der Waals surface area (Å²) in [6, 6.07) is 9.55. The maximum absolute atomic E-state index is 11.5. The average Bonchev–Trinajstić information content (AvgIpc) is 3.02. The molecule has 3 N–H and O–H groups in total. The van der Waals surface area contributed by atoms with Crippen molar-refractivity contribution in [2.45, 2.75) is 13.5 Å². The Morgan fingerprint density at radius 2 is 2.19 bits per heavy atom. The number of amides is 1. The van der Waals surface area contributed by atoms with Crippen molar-refractivity contribution in [1.82, 2.24) is 9.99 Å². The van der Waals surface area contributed by atoms with Gasteiger partial charge >= 0.3 is 5.91 Å². The van der Waals surface area contributed by atoms with E-state index in [0.29, 0.717) is 17.3 Å². The van der Waals surface area contributed by atoms with Gasteiger partial charge in [-0.05, 0) is 37.3 Å². The smallest absolute Gasteiger partial charge is 0.301 e. The number of rotatable bonds is 3. The van der Waals surface area contributed by atoms with Crippen LogP contribution in [-0.2, 0) is 6.54 Å².